The first kappa shape index (κ1) is 15.0. The molecule has 0 radical (unpaired) electrons. The molecule has 1 atom stereocenters. The first-order valence-electron chi connectivity index (χ1n) is 5.92. The van der Waals surface area contributed by atoms with Crippen LogP contribution in [0.25, 0.3) is 0 Å². The largest absolute Gasteiger partial charge is 0.444 e. The van der Waals surface area contributed by atoms with E-state index in [0.29, 0.717) is 0 Å². The van der Waals surface area contributed by atoms with E-state index in [1.807, 2.05) is 0 Å². The fourth-order valence-electron chi connectivity index (χ4n) is 1.72. The van der Waals surface area contributed by atoms with Crippen molar-refractivity contribution in [3.05, 3.63) is 12.7 Å². The number of amides is 3. The minimum atomic E-state index is -0.654. The molecule has 3 amide bonds. The lowest BCUT2D eigenvalue weighted by Crippen LogP contribution is -2.48. The zero-order chi connectivity index (χ0) is 14.6. The van der Waals surface area contributed by atoms with Crippen molar-refractivity contribution in [1.29, 1.82) is 0 Å². The molecule has 1 aliphatic rings. The van der Waals surface area contributed by atoms with Crippen LogP contribution in [0.5, 0.6) is 0 Å². The molecular formula is C12H19N3O4. The van der Waals surface area contributed by atoms with Gasteiger partial charge in [0.1, 0.15) is 12.4 Å². The van der Waals surface area contributed by atoms with Gasteiger partial charge in [0, 0.05) is 14.1 Å². The first-order valence-corrected chi connectivity index (χ1v) is 5.92. The van der Waals surface area contributed by atoms with Gasteiger partial charge in [0.05, 0.1) is 19.0 Å². The van der Waals surface area contributed by atoms with E-state index < -0.39 is 6.09 Å². The molecule has 106 valence electrons. The second kappa shape index (κ2) is 6.21. The molecular weight excluding hydrogens is 250 g/mol. The molecule has 0 bridgehead atoms. The minimum Gasteiger partial charge on any atom is -0.444 e. The van der Waals surface area contributed by atoms with Crippen molar-refractivity contribution >= 4 is 17.9 Å². The van der Waals surface area contributed by atoms with Crippen LogP contribution in [0, 0.1) is 5.92 Å². The van der Waals surface area contributed by atoms with Gasteiger partial charge in [-0.1, -0.05) is 12.7 Å². The Morgan fingerprint density at radius 1 is 1.32 bits per heavy atom. The molecule has 1 unspecified atom stereocenters. The number of rotatable bonds is 3. The highest BCUT2D eigenvalue weighted by Gasteiger charge is 2.40. The molecule has 7 nitrogen and oxygen atoms in total. The van der Waals surface area contributed by atoms with Crippen LogP contribution in [0.4, 0.5) is 9.59 Å². The molecule has 0 aliphatic carbocycles. The summed E-state index contributed by atoms with van der Waals surface area (Å²) in [5.41, 5.74) is 0. The van der Waals surface area contributed by atoms with Gasteiger partial charge in [-0.15, -0.1) is 0 Å². The average Bonchev–Trinajstić information content (AvgIpc) is 2.79. The Balaban J connectivity index is 2.84. The molecule has 1 fully saturated rings. The summed E-state index contributed by atoms with van der Waals surface area (Å²) in [7, 11) is 3.16. The Hall–Kier alpha value is -2.05. The molecule has 19 heavy (non-hydrogen) atoms. The fraction of sp³-hybridized carbons (Fsp3) is 0.583. The third-order valence-corrected chi connectivity index (χ3v) is 2.79. The summed E-state index contributed by atoms with van der Waals surface area (Å²) in [5.74, 6) is -0.434. The maximum absolute atomic E-state index is 12.0. The molecule has 1 rings (SSSR count). The van der Waals surface area contributed by atoms with Gasteiger partial charge < -0.3 is 9.64 Å². The van der Waals surface area contributed by atoms with Gasteiger partial charge >= 0.3 is 12.1 Å². The molecule has 0 aromatic rings. The summed E-state index contributed by atoms with van der Waals surface area (Å²) in [6.07, 6.45) is 0.785. The van der Waals surface area contributed by atoms with Crippen LogP contribution in [0.3, 0.4) is 0 Å². The lowest BCUT2D eigenvalue weighted by Gasteiger charge is -2.28. The van der Waals surface area contributed by atoms with Gasteiger partial charge in [-0.2, -0.15) is 0 Å². The van der Waals surface area contributed by atoms with E-state index in [1.165, 1.54) is 22.9 Å². The second-order valence-corrected chi connectivity index (χ2v) is 4.51. The van der Waals surface area contributed by atoms with Crippen LogP contribution in [-0.4, -0.2) is 66.6 Å². The zero-order valence-corrected chi connectivity index (χ0v) is 11.5. The van der Waals surface area contributed by atoms with E-state index in [9.17, 15) is 14.4 Å². The van der Waals surface area contributed by atoms with Gasteiger partial charge in [-0.25, -0.2) is 19.6 Å². The van der Waals surface area contributed by atoms with Crippen LogP contribution in [0.2, 0.25) is 0 Å². The van der Waals surface area contributed by atoms with E-state index in [4.69, 9.17) is 4.74 Å². The van der Waals surface area contributed by atoms with Gasteiger partial charge in [0.15, 0.2) is 0 Å². The third-order valence-electron chi connectivity index (χ3n) is 2.79. The van der Waals surface area contributed by atoms with E-state index in [2.05, 4.69) is 6.58 Å². The number of nitrogens with zero attached hydrogens (tertiary/aromatic N) is 3. The Morgan fingerprint density at radius 3 is 2.37 bits per heavy atom. The van der Waals surface area contributed by atoms with Crippen LogP contribution in [-0.2, 0) is 9.53 Å². The molecule has 0 saturated carbocycles. The van der Waals surface area contributed by atoms with Crippen LogP contribution in [0.15, 0.2) is 12.7 Å². The van der Waals surface area contributed by atoms with Crippen molar-refractivity contribution in [3.63, 3.8) is 0 Å². The van der Waals surface area contributed by atoms with E-state index in [1.54, 1.807) is 14.1 Å². The minimum absolute atomic E-state index is 0.0596. The fourth-order valence-corrected chi connectivity index (χ4v) is 1.72. The summed E-state index contributed by atoms with van der Waals surface area (Å²) in [5, 5.41) is 2.40. The predicted octanol–water partition coefficient (Wildman–Crippen LogP) is 0.728. The number of ketones is 1. The smallest absolute Gasteiger partial charge is 0.429 e. The molecule has 1 aliphatic heterocycles. The average molecular weight is 269 g/mol. The zero-order valence-electron chi connectivity index (χ0n) is 11.5. The molecule has 0 aromatic carbocycles. The van der Waals surface area contributed by atoms with Crippen molar-refractivity contribution < 1.29 is 19.1 Å². The molecule has 0 spiro atoms. The second-order valence-electron chi connectivity index (χ2n) is 4.51. The van der Waals surface area contributed by atoms with Crippen molar-refractivity contribution in [2.45, 2.75) is 6.92 Å². The van der Waals surface area contributed by atoms with Crippen molar-refractivity contribution in [2.24, 2.45) is 5.92 Å². The summed E-state index contributed by atoms with van der Waals surface area (Å²) < 4.78 is 4.91. The standard InChI is InChI=1S/C12H19N3O4/c1-5-6-19-12(18)15-8-10(9(2)16)7-14(15)11(17)13(3)4/h5,10H,1,6-8H2,2-4H3. The van der Waals surface area contributed by atoms with Crippen LogP contribution in [0.1, 0.15) is 6.92 Å². The van der Waals surface area contributed by atoms with E-state index >= 15 is 0 Å². The summed E-state index contributed by atoms with van der Waals surface area (Å²) >= 11 is 0. The highest BCUT2D eigenvalue weighted by atomic mass is 16.6. The lowest BCUT2D eigenvalue weighted by molar-refractivity contribution is -0.120. The highest BCUT2D eigenvalue weighted by Crippen LogP contribution is 2.19. The third kappa shape index (κ3) is 3.46. The Labute approximate surface area is 112 Å². The van der Waals surface area contributed by atoms with Crippen LogP contribution >= 0.6 is 0 Å². The molecule has 0 N–H and O–H groups in total. The topological polar surface area (TPSA) is 70.2 Å². The number of hydrogen-bond acceptors (Lipinski definition) is 4. The van der Waals surface area contributed by atoms with Gasteiger partial charge in [0.25, 0.3) is 0 Å². The number of hydrazine groups is 1. The van der Waals surface area contributed by atoms with Gasteiger partial charge in [-0.05, 0) is 6.92 Å². The number of carbonyl (C=O) groups excluding carboxylic acids is 3. The monoisotopic (exact) mass is 269 g/mol. The molecule has 0 aromatic heterocycles. The van der Waals surface area contributed by atoms with Crippen LogP contribution < -0.4 is 0 Å². The number of Topliss-reactive ketones (excluding diaryl/α,β-unsaturated/α-hetero) is 1. The maximum Gasteiger partial charge on any atom is 0.429 e. The summed E-state index contributed by atoms with van der Waals surface area (Å²) in [4.78, 5) is 36.6. The normalized spacial score (nSPS) is 18.2. The number of hydrogen-bond donors (Lipinski definition) is 0. The number of urea groups is 1. The molecule has 1 heterocycles. The Bertz CT molecular complexity index is 394. The van der Waals surface area contributed by atoms with Crippen molar-refractivity contribution in [2.75, 3.05) is 33.8 Å². The first-order chi connectivity index (χ1) is 8.88. The Morgan fingerprint density at radius 2 is 1.89 bits per heavy atom. The Kier molecular flexibility index (Phi) is 4.91. The lowest BCUT2D eigenvalue weighted by atomic mass is 10.1. The summed E-state index contributed by atoms with van der Waals surface area (Å²) in [6.45, 7) is 5.30. The quantitative estimate of drug-likeness (QED) is 0.708. The van der Waals surface area contributed by atoms with E-state index in [0.717, 1.165) is 5.01 Å². The van der Waals surface area contributed by atoms with Crippen molar-refractivity contribution in [1.82, 2.24) is 14.9 Å². The molecule has 1 saturated heterocycles. The highest BCUT2D eigenvalue weighted by molar-refractivity contribution is 5.83. The van der Waals surface area contributed by atoms with E-state index in [-0.39, 0.29) is 37.4 Å². The number of ether oxygens (including phenoxy) is 1. The maximum atomic E-state index is 12.0. The predicted molar refractivity (Wildman–Crippen MR) is 68.2 cm³/mol. The SMILES string of the molecule is C=CCOC(=O)N1CC(C(C)=O)CN1C(=O)N(C)C. The summed E-state index contributed by atoms with van der Waals surface area (Å²) in [6, 6.07) is -0.362. The number of carbonyl (C=O) groups is 3. The van der Waals surface area contributed by atoms with Crippen molar-refractivity contribution in [3.8, 4) is 0 Å². The van der Waals surface area contributed by atoms with Gasteiger partial charge in [0.2, 0.25) is 0 Å². The van der Waals surface area contributed by atoms with Gasteiger partial charge in [-0.3, -0.25) is 4.79 Å². The molecule has 7 heteroatoms.